The van der Waals surface area contributed by atoms with Gasteiger partial charge in [0.2, 0.25) is 0 Å². The molecule has 0 aromatic carbocycles. The third-order valence-corrected chi connectivity index (χ3v) is 6.88. The number of hydrogen-bond acceptors (Lipinski definition) is 6. The minimum Gasteiger partial charge on any atom is -0.451 e. The van der Waals surface area contributed by atoms with Crippen molar-refractivity contribution in [1.29, 1.82) is 5.26 Å². The van der Waals surface area contributed by atoms with Crippen molar-refractivity contribution in [2.45, 2.75) is 53.1 Å². The van der Waals surface area contributed by atoms with E-state index in [9.17, 15) is 23.3 Å². The Morgan fingerprint density at radius 3 is 2.67 bits per heavy atom. The van der Waals surface area contributed by atoms with Gasteiger partial charge in [0, 0.05) is 24.0 Å². The lowest BCUT2D eigenvalue weighted by Gasteiger charge is -2.11. The van der Waals surface area contributed by atoms with E-state index in [-0.39, 0.29) is 17.1 Å². The van der Waals surface area contributed by atoms with Crippen LogP contribution in [-0.2, 0) is 30.7 Å². The van der Waals surface area contributed by atoms with Crippen molar-refractivity contribution >= 4 is 27.8 Å². The monoisotopic (exact) mass is 435 g/mol. The molecule has 2 heterocycles. The van der Waals surface area contributed by atoms with Gasteiger partial charge in [-0.05, 0) is 50.3 Å². The van der Waals surface area contributed by atoms with Gasteiger partial charge in [-0.15, -0.1) is 0 Å². The van der Waals surface area contributed by atoms with E-state index < -0.39 is 34.4 Å². The maximum Gasteiger partial charge on any atom is 0.349 e. The van der Waals surface area contributed by atoms with E-state index in [4.69, 9.17) is 4.74 Å². The van der Waals surface area contributed by atoms with E-state index in [1.54, 1.807) is 0 Å². The van der Waals surface area contributed by atoms with E-state index in [0.717, 1.165) is 29.9 Å². The molecular weight excluding hydrogens is 406 g/mol. The molecule has 0 bridgehead atoms. The fourth-order valence-electron chi connectivity index (χ4n) is 3.38. The summed E-state index contributed by atoms with van der Waals surface area (Å²) in [6, 6.07) is 3.27. The fourth-order valence-corrected chi connectivity index (χ4v) is 5.06. The standard InChI is InChI=1S/C21H29N3O5S/c1-14(2)5-7-24-15(3)9-17(16(24)4)10-18(11-22)21(26)29-12-20(25)23-19-6-8-30(27,28)13-19/h9-10,14,19H,5-8,12-13H2,1-4H3,(H,23,25)/b18-10-. The molecule has 1 unspecified atom stereocenters. The average molecular weight is 436 g/mol. The Balaban J connectivity index is 1.99. The number of sulfone groups is 1. The summed E-state index contributed by atoms with van der Waals surface area (Å²) in [6.45, 7) is 8.50. The maximum atomic E-state index is 12.2. The van der Waals surface area contributed by atoms with Crippen molar-refractivity contribution in [3.05, 3.63) is 28.6 Å². The largest absolute Gasteiger partial charge is 0.451 e. The van der Waals surface area contributed by atoms with Gasteiger partial charge < -0.3 is 14.6 Å². The summed E-state index contributed by atoms with van der Waals surface area (Å²) in [6.07, 6.45) is 2.83. The van der Waals surface area contributed by atoms with Gasteiger partial charge in [-0.3, -0.25) is 4.79 Å². The first-order valence-corrected chi connectivity index (χ1v) is 11.8. The van der Waals surface area contributed by atoms with Gasteiger partial charge in [0.15, 0.2) is 16.4 Å². The quantitative estimate of drug-likeness (QED) is 0.378. The molecule has 0 radical (unpaired) electrons. The Morgan fingerprint density at radius 2 is 2.10 bits per heavy atom. The van der Waals surface area contributed by atoms with Gasteiger partial charge in [0.1, 0.15) is 11.6 Å². The van der Waals surface area contributed by atoms with E-state index >= 15 is 0 Å². The summed E-state index contributed by atoms with van der Waals surface area (Å²) in [5, 5.41) is 11.9. The van der Waals surface area contributed by atoms with E-state index in [0.29, 0.717) is 12.3 Å². The van der Waals surface area contributed by atoms with Crippen LogP contribution in [-0.4, -0.2) is 49.0 Å². The Labute approximate surface area is 177 Å². The number of carbonyl (C=O) groups excluding carboxylic acids is 2. The molecule has 1 aromatic rings. The van der Waals surface area contributed by atoms with Crippen molar-refractivity contribution in [2.75, 3.05) is 18.1 Å². The first-order valence-electron chi connectivity index (χ1n) is 9.98. The number of aryl methyl sites for hydroxylation is 1. The first kappa shape index (κ1) is 23.7. The summed E-state index contributed by atoms with van der Waals surface area (Å²) in [5.41, 5.74) is 2.55. The highest BCUT2D eigenvalue weighted by molar-refractivity contribution is 7.91. The highest BCUT2D eigenvalue weighted by Crippen LogP contribution is 2.20. The van der Waals surface area contributed by atoms with Gasteiger partial charge >= 0.3 is 5.97 Å². The normalized spacial score (nSPS) is 18.3. The summed E-state index contributed by atoms with van der Waals surface area (Å²) >= 11 is 0. The maximum absolute atomic E-state index is 12.2. The van der Waals surface area contributed by atoms with Gasteiger partial charge in [-0.25, -0.2) is 13.2 Å². The van der Waals surface area contributed by atoms with Crippen molar-refractivity contribution < 1.29 is 22.7 Å². The molecule has 0 saturated carbocycles. The van der Waals surface area contributed by atoms with Crippen LogP contribution in [0.5, 0.6) is 0 Å². The SMILES string of the molecule is Cc1cc(/C=C(/C#N)C(=O)OCC(=O)NC2CCS(=O)(=O)C2)c(C)n1CCC(C)C. The summed E-state index contributed by atoms with van der Waals surface area (Å²) < 4.78 is 30.0. The molecule has 1 amide bonds. The number of ether oxygens (including phenoxy) is 1. The summed E-state index contributed by atoms with van der Waals surface area (Å²) in [5.74, 6) is -0.990. The first-order chi connectivity index (χ1) is 14.0. The smallest absolute Gasteiger partial charge is 0.349 e. The van der Waals surface area contributed by atoms with E-state index in [1.165, 1.54) is 6.08 Å². The van der Waals surface area contributed by atoms with Crippen LogP contribution in [0, 0.1) is 31.1 Å². The molecule has 1 aliphatic rings. The van der Waals surface area contributed by atoms with Crippen LogP contribution in [0.1, 0.15) is 43.6 Å². The van der Waals surface area contributed by atoms with Crippen LogP contribution in [0.25, 0.3) is 6.08 Å². The average Bonchev–Trinajstić information content (AvgIpc) is 3.13. The molecule has 8 nitrogen and oxygen atoms in total. The Morgan fingerprint density at radius 1 is 1.40 bits per heavy atom. The number of nitrogens with one attached hydrogen (secondary N) is 1. The Kier molecular flexibility index (Phi) is 7.84. The van der Waals surface area contributed by atoms with Crippen LogP contribution in [0.2, 0.25) is 0 Å². The van der Waals surface area contributed by atoms with Crippen LogP contribution in [0.15, 0.2) is 11.6 Å². The number of nitrogens with zero attached hydrogens (tertiary/aromatic N) is 2. The number of amides is 1. The molecule has 30 heavy (non-hydrogen) atoms. The van der Waals surface area contributed by atoms with Gasteiger partial charge in [0.05, 0.1) is 11.5 Å². The van der Waals surface area contributed by atoms with Crippen LogP contribution >= 0.6 is 0 Å². The van der Waals surface area contributed by atoms with E-state index in [2.05, 4.69) is 23.7 Å². The lowest BCUT2D eigenvalue weighted by Crippen LogP contribution is -2.38. The van der Waals surface area contributed by atoms with Gasteiger partial charge in [0.25, 0.3) is 5.91 Å². The molecular formula is C21H29N3O5S. The number of esters is 1. The number of rotatable bonds is 8. The molecule has 9 heteroatoms. The van der Waals surface area contributed by atoms with Crippen LogP contribution < -0.4 is 5.32 Å². The molecule has 0 aliphatic carbocycles. The summed E-state index contributed by atoms with van der Waals surface area (Å²) in [4.78, 5) is 24.2. The third-order valence-electron chi connectivity index (χ3n) is 5.11. The second kappa shape index (κ2) is 9.94. The predicted octanol–water partition coefficient (Wildman–Crippen LogP) is 1.90. The van der Waals surface area contributed by atoms with Gasteiger partial charge in [-0.1, -0.05) is 13.8 Å². The number of aromatic nitrogens is 1. The highest BCUT2D eigenvalue weighted by atomic mass is 32.2. The molecule has 1 atom stereocenters. The zero-order chi connectivity index (χ0) is 22.5. The molecule has 2 rings (SSSR count). The van der Waals surface area contributed by atoms with Crippen molar-refractivity contribution in [1.82, 2.24) is 9.88 Å². The molecule has 1 fully saturated rings. The lowest BCUT2D eigenvalue weighted by molar-refractivity contribution is -0.144. The fraction of sp³-hybridized carbons (Fsp3) is 0.571. The second-order valence-corrected chi connectivity index (χ2v) is 10.3. The van der Waals surface area contributed by atoms with Crippen LogP contribution in [0.3, 0.4) is 0 Å². The minimum atomic E-state index is -3.12. The second-order valence-electron chi connectivity index (χ2n) is 8.07. The molecule has 1 saturated heterocycles. The van der Waals surface area contributed by atoms with E-state index in [1.807, 2.05) is 26.0 Å². The van der Waals surface area contributed by atoms with Gasteiger partial charge in [-0.2, -0.15) is 5.26 Å². The Bertz CT molecular complexity index is 983. The van der Waals surface area contributed by atoms with Crippen molar-refractivity contribution in [2.24, 2.45) is 5.92 Å². The Hall–Kier alpha value is -2.60. The topological polar surface area (TPSA) is 118 Å². The number of hydrogen-bond donors (Lipinski definition) is 1. The third kappa shape index (κ3) is 6.46. The van der Waals surface area contributed by atoms with Crippen LogP contribution in [0.4, 0.5) is 0 Å². The molecule has 0 spiro atoms. The molecule has 164 valence electrons. The highest BCUT2D eigenvalue weighted by Gasteiger charge is 2.29. The lowest BCUT2D eigenvalue weighted by atomic mass is 10.1. The van der Waals surface area contributed by atoms with Crippen molar-refractivity contribution in [3.63, 3.8) is 0 Å². The number of nitriles is 1. The summed E-state index contributed by atoms with van der Waals surface area (Å²) in [7, 11) is -3.12. The minimum absolute atomic E-state index is 0.0363. The molecule has 1 aromatic heterocycles. The molecule has 1 aliphatic heterocycles. The van der Waals surface area contributed by atoms with Crippen molar-refractivity contribution in [3.8, 4) is 6.07 Å². The zero-order valence-corrected chi connectivity index (χ0v) is 18.7. The molecule has 1 N–H and O–H groups in total. The number of carbonyl (C=O) groups is 2. The predicted molar refractivity (Wildman–Crippen MR) is 113 cm³/mol. The zero-order valence-electron chi connectivity index (χ0n) is 17.9.